The Hall–Kier alpha value is -2.19. The number of nitrogens with zero attached hydrogens (tertiary/aromatic N) is 4. The quantitative estimate of drug-likeness (QED) is 0.661. The molecule has 0 bridgehead atoms. The Balaban J connectivity index is 1.65. The zero-order valence-corrected chi connectivity index (χ0v) is 19.4. The van der Waals surface area contributed by atoms with Crippen LogP contribution >= 0.6 is 22.9 Å². The molecule has 3 aromatic rings. The van der Waals surface area contributed by atoms with Gasteiger partial charge in [-0.1, -0.05) is 32.4 Å². The molecule has 7 nitrogen and oxygen atoms in total. The zero-order valence-electron chi connectivity index (χ0n) is 17.9. The van der Waals surface area contributed by atoms with E-state index in [4.69, 9.17) is 11.6 Å². The van der Waals surface area contributed by atoms with Gasteiger partial charge in [-0.15, -0.1) is 11.3 Å². The molecule has 30 heavy (non-hydrogen) atoms. The van der Waals surface area contributed by atoms with Crippen LogP contribution in [0.2, 0.25) is 5.02 Å². The molecule has 0 saturated carbocycles. The smallest absolute Gasteiger partial charge is 0.271 e. The first-order valence-corrected chi connectivity index (χ1v) is 11.3. The number of aromatic nitrogens is 4. The van der Waals surface area contributed by atoms with Crippen LogP contribution < -0.4 is 11.0 Å². The third kappa shape index (κ3) is 3.78. The molecule has 0 unspecified atom stereocenters. The summed E-state index contributed by atoms with van der Waals surface area (Å²) in [5.74, 6) is 0.685. The second-order valence-electron chi connectivity index (χ2n) is 9.08. The van der Waals surface area contributed by atoms with Crippen LogP contribution in [-0.2, 0) is 24.2 Å². The molecule has 0 aromatic carbocycles. The molecule has 0 spiro atoms. The first-order valence-electron chi connectivity index (χ1n) is 10.1. The summed E-state index contributed by atoms with van der Waals surface area (Å²) in [5.41, 5.74) is 4.46. The predicted molar refractivity (Wildman–Crippen MR) is 120 cm³/mol. The van der Waals surface area contributed by atoms with Crippen LogP contribution in [0.15, 0.2) is 11.0 Å². The van der Waals surface area contributed by atoms with Gasteiger partial charge < -0.3 is 0 Å². The van der Waals surface area contributed by atoms with E-state index in [1.807, 2.05) is 0 Å². The van der Waals surface area contributed by atoms with Crippen molar-refractivity contribution in [3.63, 3.8) is 0 Å². The highest BCUT2D eigenvalue weighted by molar-refractivity contribution is 7.18. The number of carbonyl (C=O) groups excluding carboxylic acids is 1. The van der Waals surface area contributed by atoms with Gasteiger partial charge in [0.25, 0.3) is 11.5 Å². The molecule has 1 atom stereocenters. The van der Waals surface area contributed by atoms with Crippen LogP contribution in [0.1, 0.15) is 49.2 Å². The summed E-state index contributed by atoms with van der Waals surface area (Å²) >= 11 is 7.62. The minimum Gasteiger partial charge on any atom is -0.271 e. The summed E-state index contributed by atoms with van der Waals surface area (Å²) < 4.78 is 2.71. The number of rotatable bonds is 3. The lowest BCUT2D eigenvalue weighted by molar-refractivity contribution is -0.117. The van der Waals surface area contributed by atoms with Crippen molar-refractivity contribution in [3.05, 3.63) is 43.5 Å². The molecule has 4 rings (SSSR count). The van der Waals surface area contributed by atoms with E-state index in [-0.39, 0.29) is 23.4 Å². The maximum atomic E-state index is 13.3. The fourth-order valence-electron chi connectivity index (χ4n) is 4.08. The van der Waals surface area contributed by atoms with Crippen molar-refractivity contribution in [2.45, 2.75) is 60.4 Å². The van der Waals surface area contributed by atoms with Gasteiger partial charge in [-0.3, -0.25) is 19.7 Å². The number of aryl methyl sites for hydroxylation is 3. The largest absolute Gasteiger partial charge is 0.281 e. The van der Waals surface area contributed by atoms with Crippen molar-refractivity contribution >= 4 is 39.1 Å². The lowest BCUT2D eigenvalue weighted by Gasteiger charge is -2.33. The van der Waals surface area contributed by atoms with E-state index in [0.29, 0.717) is 27.8 Å². The Bertz CT molecular complexity index is 1180. The van der Waals surface area contributed by atoms with Crippen molar-refractivity contribution in [1.29, 1.82) is 0 Å². The van der Waals surface area contributed by atoms with Gasteiger partial charge in [0, 0.05) is 11.1 Å². The van der Waals surface area contributed by atoms with Crippen LogP contribution in [0.5, 0.6) is 0 Å². The molecule has 9 heteroatoms. The number of hydrogen-bond acceptors (Lipinski definition) is 5. The van der Waals surface area contributed by atoms with Gasteiger partial charge >= 0.3 is 0 Å². The maximum absolute atomic E-state index is 13.3. The van der Waals surface area contributed by atoms with Crippen LogP contribution in [-0.4, -0.2) is 25.3 Å². The monoisotopic (exact) mass is 447 g/mol. The van der Waals surface area contributed by atoms with Gasteiger partial charge in [0.05, 0.1) is 16.1 Å². The molecular weight excluding hydrogens is 422 g/mol. The molecule has 1 amide bonds. The normalized spacial score (nSPS) is 16.7. The number of amides is 1. The van der Waals surface area contributed by atoms with Crippen LogP contribution in [0.3, 0.4) is 0 Å². The van der Waals surface area contributed by atoms with E-state index in [9.17, 15) is 9.59 Å². The first kappa shape index (κ1) is 21.1. The first-order chi connectivity index (χ1) is 14.0. The van der Waals surface area contributed by atoms with Gasteiger partial charge in [-0.05, 0) is 50.0 Å². The summed E-state index contributed by atoms with van der Waals surface area (Å²) in [6, 6.07) is 0. The van der Waals surface area contributed by atoms with Crippen LogP contribution in [0.25, 0.3) is 10.2 Å². The summed E-state index contributed by atoms with van der Waals surface area (Å²) in [7, 11) is 0. The van der Waals surface area contributed by atoms with Gasteiger partial charge in [0.15, 0.2) is 0 Å². The molecule has 1 aliphatic rings. The maximum Gasteiger partial charge on any atom is 0.281 e. The molecule has 160 valence electrons. The second-order valence-corrected chi connectivity index (χ2v) is 10.6. The second kappa shape index (κ2) is 7.50. The zero-order chi connectivity index (χ0) is 21.8. The predicted octanol–water partition coefficient (Wildman–Crippen LogP) is 3.85. The SMILES string of the molecule is Cc1nn(CC(=O)Nn2c(C)nc3sc4c(c3c2=O)CC[C@H](C(C)(C)C)C4)cc1Cl. The standard InChI is InChI=1S/C21H26ClN5O2S/c1-11-15(22)9-26(24-11)10-17(28)25-27-12(2)23-19-18(20(27)29)14-7-6-13(21(3,4)5)8-16(14)30-19/h9,13H,6-8,10H2,1-5H3,(H,25,28)/t13-/m0/s1. The van der Waals surface area contributed by atoms with Gasteiger partial charge in [0.2, 0.25) is 0 Å². The highest BCUT2D eigenvalue weighted by atomic mass is 35.5. The average Bonchev–Trinajstić information content (AvgIpc) is 3.16. The van der Waals surface area contributed by atoms with E-state index in [0.717, 1.165) is 29.7 Å². The van der Waals surface area contributed by atoms with Gasteiger partial charge in [-0.2, -0.15) is 5.10 Å². The van der Waals surface area contributed by atoms with Crippen molar-refractivity contribution < 1.29 is 4.79 Å². The highest BCUT2D eigenvalue weighted by Gasteiger charge is 2.32. The Morgan fingerprint density at radius 2 is 2.10 bits per heavy atom. The lowest BCUT2D eigenvalue weighted by Crippen LogP contribution is -2.37. The van der Waals surface area contributed by atoms with E-state index in [1.54, 1.807) is 31.4 Å². The Labute approximate surface area is 184 Å². The number of fused-ring (bicyclic) bond motifs is 3. The highest BCUT2D eigenvalue weighted by Crippen LogP contribution is 2.42. The molecule has 0 aliphatic heterocycles. The van der Waals surface area contributed by atoms with Crippen molar-refractivity contribution in [3.8, 4) is 0 Å². The molecule has 3 heterocycles. The van der Waals surface area contributed by atoms with Crippen LogP contribution in [0.4, 0.5) is 0 Å². The fraction of sp³-hybridized carbons (Fsp3) is 0.524. The minimum atomic E-state index is -0.364. The van der Waals surface area contributed by atoms with E-state index >= 15 is 0 Å². The molecule has 3 aromatic heterocycles. The molecule has 0 saturated heterocycles. The van der Waals surface area contributed by atoms with Gasteiger partial charge in [0.1, 0.15) is 17.2 Å². The van der Waals surface area contributed by atoms with Crippen molar-refractivity contribution in [2.24, 2.45) is 11.3 Å². The van der Waals surface area contributed by atoms with E-state index in [1.165, 1.54) is 14.2 Å². The molecular formula is C21H26ClN5O2S. The number of thiophene rings is 1. The number of hydrogen-bond donors (Lipinski definition) is 1. The summed E-state index contributed by atoms with van der Waals surface area (Å²) in [6.45, 7) is 10.3. The van der Waals surface area contributed by atoms with Gasteiger partial charge in [-0.25, -0.2) is 9.66 Å². The molecule has 1 aliphatic carbocycles. The topological polar surface area (TPSA) is 81.8 Å². The fourth-order valence-corrected chi connectivity index (χ4v) is 5.57. The Kier molecular flexibility index (Phi) is 5.26. The Morgan fingerprint density at radius 3 is 2.73 bits per heavy atom. The lowest BCUT2D eigenvalue weighted by atomic mass is 9.72. The van der Waals surface area contributed by atoms with Crippen molar-refractivity contribution in [1.82, 2.24) is 19.4 Å². The summed E-state index contributed by atoms with van der Waals surface area (Å²) in [6.07, 6.45) is 4.50. The number of halogens is 1. The third-order valence-corrected chi connectivity index (χ3v) is 7.42. The molecule has 1 N–H and O–H groups in total. The van der Waals surface area contributed by atoms with Crippen LogP contribution in [0, 0.1) is 25.2 Å². The third-order valence-electron chi connectivity index (χ3n) is 5.90. The summed E-state index contributed by atoms with van der Waals surface area (Å²) in [4.78, 5) is 32.4. The molecule has 0 fully saturated rings. The van der Waals surface area contributed by atoms with E-state index in [2.05, 4.69) is 36.3 Å². The minimum absolute atomic E-state index is 0.0352. The number of nitrogens with one attached hydrogen (secondary N) is 1. The van der Waals surface area contributed by atoms with Crippen molar-refractivity contribution in [2.75, 3.05) is 5.43 Å². The Morgan fingerprint density at radius 1 is 1.37 bits per heavy atom. The molecule has 0 radical (unpaired) electrons. The number of carbonyl (C=O) groups is 1. The van der Waals surface area contributed by atoms with E-state index < -0.39 is 0 Å². The average molecular weight is 448 g/mol. The summed E-state index contributed by atoms with van der Waals surface area (Å²) in [5, 5.41) is 5.33.